The van der Waals surface area contributed by atoms with Crippen LogP contribution in [0.5, 0.6) is 0 Å². The zero-order valence-electron chi connectivity index (χ0n) is 21.4. The molecule has 2 unspecified atom stereocenters. The molecule has 0 saturated heterocycles. The summed E-state index contributed by atoms with van der Waals surface area (Å²) in [4.78, 5) is 0. The van der Waals surface area contributed by atoms with Crippen molar-refractivity contribution >= 4 is 0 Å². The Balaban J connectivity index is 1.89. The van der Waals surface area contributed by atoms with Gasteiger partial charge in [-0.2, -0.15) is 0 Å². The Morgan fingerprint density at radius 2 is 1.42 bits per heavy atom. The molecule has 2 aromatic carbocycles. The van der Waals surface area contributed by atoms with E-state index in [9.17, 15) is 0 Å². The van der Waals surface area contributed by atoms with Crippen molar-refractivity contribution in [1.29, 1.82) is 0 Å². The molecule has 3 aromatic rings. The second-order valence-electron chi connectivity index (χ2n) is 10.3. The molecule has 0 aliphatic rings. The summed E-state index contributed by atoms with van der Waals surface area (Å²) in [5, 5.41) is 0. The fourth-order valence-corrected chi connectivity index (χ4v) is 5.22. The van der Waals surface area contributed by atoms with Crippen LogP contribution in [-0.4, -0.2) is 4.57 Å². The number of unbranched alkanes of at least 4 members (excludes halogenated alkanes) is 6. The van der Waals surface area contributed by atoms with E-state index in [1.165, 1.54) is 62.5 Å². The van der Waals surface area contributed by atoms with E-state index < -0.39 is 0 Å². The molecule has 2 nitrogen and oxygen atoms in total. The number of rotatable bonds is 14. The molecule has 0 amide bonds. The van der Waals surface area contributed by atoms with E-state index in [2.05, 4.69) is 116 Å². The van der Waals surface area contributed by atoms with E-state index in [1.54, 1.807) is 0 Å². The molecule has 0 N–H and O–H groups in total. The fourth-order valence-electron chi connectivity index (χ4n) is 5.22. The zero-order valence-corrected chi connectivity index (χ0v) is 21.4. The number of imidazole rings is 1. The lowest BCUT2D eigenvalue weighted by Crippen LogP contribution is -2.50. The Labute approximate surface area is 202 Å². The number of hydrogen-bond donors (Lipinski definition) is 0. The summed E-state index contributed by atoms with van der Waals surface area (Å²) < 4.78 is 4.85. The van der Waals surface area contributed by atoms with Gasteiger partial charge in [0.15, 0.2) is 0 Å². The first-order valence-electron chi connectivity index (χ1n) is 13.2. The van der Waals surface area contributed by atoms with Crippen molar-refractivity contribution in [3.63, 3.8) is 0 Å². The second kappa shape index (κ2) is 12.8. The molecule has 33 heavy (non-hydrogen) atoms. The molecule has 2 atom stereocenters. The van der Waals surface area contributed by atoms with Crippen molar-refractivity contribution < 1.29 is 4.57 Å². The molecule has 1 heterocycles. The largest absolute Gasteiger partial charge is 0.244 e. The van der Waals surface area contributed by atoms with Crippen LogP contribution in [0.2, 0.25) is 0 Å². The summed E-state index contributed by atoms with van der Waals surface area (Å²) in [7, 11) is 0. The van der Waals surface area contributed by atoms with Gasteiger partial charge in [0, 0.05) is 5.41 Å². The van der Waals surface area contributed by atoms with Crippen LogP contribution in [0.25, 0.3) is 0 Å². The van der Waals surface area contributed by atoms with Crippen LogP contribution in [0.4, 0.5) is 0 Å². The number of benzene rings is 2. The van der Waals surface area contributed by atoms with Crippen LogP contribution in [0.1, 0.15) is 102 Å². The van der Waals surface area contributed by atoms with Crippen LogP contribution in [0.15, 0.2) is 79.4 Å². The van der Waals surface area contributed by atoms with Gasteiger partial charge >= 0.3 is 0 Å². The summed E-state index contributed by atoms with van der Waals surface area (Å²) >= 11 is 0. The van der Waals surface area contributed by atoms with E-state index in [0.717, 1.165) is 6.42 Å². The van der Waals surface area contributed by atoms with Crippen molar-refractivity contribution in [1.82, 2.24) is 4.57 Å². The van der Waals surface area contributed by atoms with Crippen LogP contribution >= 0.6 is 0 Å². The molecule has 0 saturated carbocycles. The maximum absolute atomic E-state index is 2.51. The minimum absolute atomic E-state index is 0.0126. The normalized spacial score (nSPS) is 14.3. The molecule has 0 aliphatic carbocycles. The highest BCUT2D eigenvalue weighted by Gasteiger charge is 2.40. The predicted molar refractivity (Wildman–Crippen MR) is 141 cm³/mol. The first-order valence-corrected chi connectivity index (χ1v) is 13.2. The highest BCUT2D eigenvalue weighted by Crippen LogP contribution is 2.39. The predicted octanol–water partition coefficient (Wildman–Crippen LogP) is 8.24. The Hall–Kier alpha value is -2.35. The molecule has 0 fully saturated rings. The molecule has 0 spiro atoms. The molecular formula is C31H45N2+. The maximum atomic E-state index is 2.51. The van der Waals surface area contributed by atoms with Crippen molar-refractivity contribution in [2.75, 3.05) is 0 Å². The van der Waals surface area contributed by atoms with Crippen LogP contribution < -0.4 is 4.57 Å². The van der Waals surface area contributed by atoms with Gasteiger partial charge in [-0.15, -0.1) is 0 Å². The summed E-state index contributed by atoms with van der Waals surface area (Å²) in [5.74, 6) is 0. The van der Waals surface area contributed by atoms with Gasteiger partial charge in [-0.05, 0) is 44.2 Å². The lowest BCUT2D eigenvalue weighted by molar-refractivity contribution is -0.732. The van der Waals surface area contributed by atoms with Gasteiger partial charge in [0.1, 0.15) is 18.4 Å². The summed E-state index contributed by atoms with van der Waals surface area (Å²) in [6.45, 7) is 9.30. The van der Waals surface area contributed by atoms with Gasteiger partial charge in [0.25, 0.3) is 0 Å². The van der Waals surface area contributed by atoms with E-state index in [0.29, 0.717) is 12.1 Å². The fraction of sp³-hybridized carbons (Fsp3) is 0.516. The summed E-state index contributed by atoms with van der Waals surface area (Å²) in [5.41, 5.74) is 2.86. The topological polar surface area (TPSA) is 8.81 Å². The molecule has 0 bridgehead atoms. The third-order valence-electron chi connectivity index (χ3n) is 7.30. The SMILES string of the molecule is CCCCCCCCCC([n+]1ccn(C(C)C)c1)C(C)(Cc1ccccc1)c1ccccc1. The van der Waals surface area contributed by atoms with E-state index in [4.69, 9.17) is 0 Å². The van der Waals surface area contributed by atoms with Crippen LogP contribution in [0, 0.1) is 0 Å². The van der Waals surface area contributed by atoms with Gasteiger partial charge in [-0.3, -0.25) is 0 Å². The van der Waals surface area contributed by atoms with Gasteiger partial charge in [-0.1, -0.05) is 113 Å². The van der Waals surface area contributed by atoms with E-state index in [1.807, 2.05) is 0 Å². The van der Waals surface area contributed by atoms with Crippen molar-refractivity contribution in [2.45, 2.75) is 103 Å². The highest BCUT2D eigenvalue weighted by molar-refractivity contribution is 5.29. The van der Waals surface area contributed by atoms with E-state index >= 15 is 0 Å². The van der Waals surface area contributed by atoms with Crippen molar-refractivity contribution in [2.24, 2.45) is 0 Å². The van der Waals surface area contributed by atoms with Gasteiger partial charge < -0.3 is 0 Å². The van der Waals surface area contributed by atoms with Gasteiger partial charge in [0.05, 0.1) is 6.04 Å². The lowest BCUT2D eigenvalue weighted by Gasteiger charge is -2.37. The number of nitrogens with zero attached hydrogens (tertiary/aromatic N) is 2. The Bertz CT molecular complexity index is 912. The summed E-state index contributed by atoms with van der Waals surface area (Å²) in [6.07, 6.45) is 18.6. The quantitative estimate of drug-likeness (QED) is 0.174. The zero-order chi connectivity index (χ0) is 23.5. The minimum Gasteiger partial charge on any atom is -0.235 e. The highest BCUT2D eigenvalue weighted by atomic mass is 15.1. The van der Waals surface area contributed by atoms with Gasteiger partial charge in [-0.25, -0.2) is 9.13 Å². The second-order valence-corrected chi connectivity index (χ2v) is 10.3. The average Bonchev–Trinajstić information content (AvgIpc) is 3.32. The third-order valence-corrected chi connectivity index (χ3v) is 7.30. The van der Waals surface area contributed by atoms with Gasteiger partial charge in [0.2, 0.25) is 6.33 Å². The van der Waals surface area contributed by atoms with E-state index in [-0.39, 0.29) is 5.41 Å². The molecule has 1 aromatic heterocycles. The van der Waals surface area contributed by atoms with Crippen molar-refractivity contribution in [3.8, 4) is 0 Å². The maximum Gasteiger partial charge on any atom is 0.244 e. The summed E-state index contributed by atoms with van der Waals surface area (Å²) in [6, 6.07) is 23.1. The lowest BCUT2D eigenvalue weighted by atomic mass is 9.70. The molecule has 0 radical (unpaired) electrons. The van der Waals surface area contributed by atoms with Crippen LogP contribution in [-0.2, 0) is 11.8 Å². The molecular weight excluding hydrogens is 400 g/mol. The standard InChI is InChI=1S/C31H45N2/c1-5-6-7-8-9-10-17-22-30(33-24-23-32(26-33)27(2)3)31(4,29-20-15-12-16-21-29)25-28-18-13-11-14-19-28/h11-16,18-21,23-24,26-27,30H,5-10,17,22,25H2,1-4H3/q+1. The monoisotopic (exact) mass is 445 g/mol. The Kier molecular flexibility index (Phi) is 9.78. The minimum atomic E-state index is 0.0126. The molecule has 178 valence electrons. The van der Waals surface area contributed by atoms with Crippen LogP contribution in [0.3, 0.4) is 0 Å². The Morgan fingerprint density at radius 3 is 2.03 bits per heavy atom. The van der Waals surface area contributed by atoms with Crippen molar-refractivity contribution in [3.05, 3.63) is 90.5 Å². The smallest absolute Gasteiger partial charge is 0.235 e. The average molecular weight is 446 g/mol. The first kappa shape index (κ1) is 25.3. The molecule has 2 heteroatoms. The number of hydrogen-bond acceptors (Lipinski definition) is 0. The third kappa shape index (κ3) is 7.06. The first-order chi connectivity index (χ1) is 16.0. The Morgan fingerprint density at radius 1 is 0.818 bits per heavy atom. The number of aromatic nitrogens is 2. The molecule has 3 rings (SSSR count). The molecule has 0 aliphatic heterocycles.